The number of methoxy groups -OCH3 is 3. The lowest BCUT2D eigenvalue weighted by Crippen LogP contribution is -1.97. The Morgan fingerprint density at radius 2 is 1.93 bits per heavy atom. The van der Waals surface area contributed by atoms with Gasteiger partial charge in [0.2, 0.25) is 10.8 Å². The van der Waals surface area contributed by atoms with E-state index in [4.69, 9.17) is 9.47 Å². The largest absolute Gasteiger partial charge is 0.503 e. The molecule has 1 heterocycles. The van der Waals surface area contributed by atoms with E-state index in [1.807, 2.05) is 0 Å². The van der Waals surface area contributed by atoms with Crippen LogP contribution in [0.3, 0.4) is 0 Å². The highest BCUT2D eigenvalue weighted by Crippen LogP contribution is 2.46. The molecule has 6 heteroatoms. The summed E-state index contributed by atoms with van der Waals surface area (Å²) in [5.41, 5.74) is 0. The van der Waals surface area contributed by atoms with Crippen molar-refractivity contribution in [3.05, 3.63) is 4.88 Å². The van der Waals surface area contributed by atoms with E-state index in [9.17, 15) is 9.90 Å². The Morgan fingerprint density at radius 3 is 2.29 bits per heavy atom. The van der Waals surface area contributed by atoms with Gasteiger partial charge in [0.1, 0.15) is 0 Å². The lowest BCUT2D eigenvalue weighted by atomic mass is 10.4. The lowest BCUT2D eigenvalue weighted by molar-refractivity contribution is 0.0603. The molecule has 1 N–H and O–H groups in total. The molecular formula is C8H10O5S. The van der Waals surface area contributed by atoms with Crippen LogP contribution in [0.5, 0.6) is 16.6 Å². The van der Waals surface area contributed by atoms with Crippen LogP contribution in [0.25, 0.3) is 0 Å². The zero-order valence-electron chi connectivity index (χ0n) is 7.99. The predicted octanol–water partition coefficient (Wildman–Crippen LogP) is 1.26. The molecule has 0 radical (unpaired) electrons. The summed E-state index contributed by atoms with van der Waals surface area (Å²) in [7, 11) is 4.04. The van der Waals surface area contributed by atoms with Gasteiger partial charge in [-0.25, -0.2) is 4.79 Å². The highest BCUT2D eigenvalue weighted by Gasteiger charge is 2.24. The first kappa shape index (κ1) is 10.6. The van der Waals surface area contributed by atoms with Gasteiger partial charge in [-0.1, -0.05) is 11.3 Å². The summed E-state index contributed by atoms with van der Waals surface area (Å²) in [6.45, 7) is 0. The van der Waals surface area contributed by atoms with E-state index in [1.165, 1.54) is 21.3 Å². The third-order valence-corrected chi connectivity index (χ3v) is 2.67. The molecule has 1 aromatic rings. The van der Waals surface area contributed by atoms with Gasteiger partial charge >= 0.3 is 5.97 Å². The average Bonchev–Trinajstić information content (AvgIpc) is 2.53. The molecule has 0 saturated heterocycles. The van der Waals surface area contributed by atoms with Crippen LogP contribution in [0.4, 0.5) is 0 Å². The number of thiophene rings is 1. The van der Waals surface area contributed by atoms with Crippen molar-refractivity contribution in [3.63, 3.8) is 0 Å². The molecule has 0 aliphatic rings. The van der Waals surface area contributed by atoms with Gasteiger partial charge in [-0.15, -0.1) is 0 Å². The maximum Gasteiger partial charge on any atom is 0.352 e. The molecule has 0 spiro atoms. The first-order valence-electron chi connectivity index (χ1n) is 3.67. The van der Waals surface area contributed by atoms with Crippen LogP contribution in [0, 0.1) is 0 Å². The molecule has 0 bridgehead atoms. The molecule has 0 aromatic carbocycles. The molecule has 14 heavy (non-hydrogen) atoms. The zero-order valence-corrected chi connectivity index (χ0v) is 8.80. The Morgan fingerprint density at radius 1 is 1.29 bits per heavy atom. The third kappa shape index (κ3) is 1.60. The van der Waals surface area contributed by atoms with Crippen molar-refractivity contribution in [1.82, 2.24) is 0 Å². The first-order chi connectivity index (χ1) is 6.65. The smallest absolute Gasteiger partial charge is 0.352 e. The second-order valence-corrected chi connectivity index (χ2v) is 3.28. The van der Waals surface area contributed by atoms with Crippen LogP contribution in [0.2, 0.25) is 0 Å². The van der Waals surface area contributed by atoms with Crippen molar-refractivity contribution in [2.24, 2.45) is 0 Å². The van der Waals surface area contributed by atoms with E-state index in [2.05, 4.69) is 4.74 Å². The number of ether oxygens (including phenoxy) is 3. The third-order valence-electron chi connectivity index (χ3n) is 1.57. The second-order valence-electron chi connectivity index (χ2n) is 2.30. The Bertz CT molecular complexity index is 344. The van der Waals surface area contributed by atoms with Gasteiger partial charge in [-0.3, -0.25) is 0 Å². The molecule has 5 nitrogen and oxygen atoms in total. The molecule has 0 fully saturated rings. The summed E-state index contributed by atoms with van der Waals surface area (Å²) in [6, 6.07) is 0. The number of esters is 1. The minimum Gasteiger partial charge on any atom is -0.503 e. The number of carbonyl (C=O) groups is 1. The van der Waals surface area contributed by atoms with Crippen molar-refractivity contribution in [3.8, 4) is 16.6 Å². The molecule has 0 unspecified atom stereocenters. The molecule has 1 aromatic heterocycles. The molecule has 78 valence electrons. The standard InChI is InChI=1S/C8H10O5S/c1-11-5-4(9)6(7(10)12-2)14-8(5)13-3/h9H,1-3H3. The Kier molecular flexibility index (Phi) is 3.19. The molecule has 0 amide bonds. The van der Waals surface area contributed by atoms with Crippen LogP contribution in [0.1, 0.15) is 9.67 Å². The van der Waals surface area contributed by atoms with E-state index in [0.29, 0.717) is 5.06 Å². The van der Waals surface area contributed by atoms with Gasteiger partial charge in [0.25, 0.3) is 0 Å². The van der Waals surface area contributed by atoms with Gasteiger partial charge in [0.05, 0.1) is 21.3 Å². The van der Waals surface area contributed by atoms with Crippen LogP contribution in [-0.2, 0) is 4.74 Å². The molecule has 0 saturated carbocycles. The van der Waals surface area contributed by atoms with Crippen molar-refractivity contribution in [2.75, 3.05) is 21.3 Å². The highest BCUT2D eigenvalue weighted by molar-refractivity contribution is 7.16. The number of aromatic hydroxyl groups is 1. The maximum absolute atomic E-state index is 11.1. The van der Waals surface area contributed by atoms with Gasteiger partial charge in [-0.05, 0) is 0 Å². The molecule has 0 atom stereocenters. The predicted molar refractivity (Wildman–Crippen MR) is 50.4 cm³/mol. The summed E-state index contributed by atoms with van der Waals surface area (Å²) in [5, 5.41) is 9.89. The number of carbonyl (C=O) groups excluding carboxylic acids is 1. The summed E-state index contributed by atoms with van der Waals surface area (Å²) >= 11 is 0.972. The van der Waals surface area contributed by atoms with E-state index in [-0.39, 0.29) is 16.4 Å². The monoisotopic (exact) mass is 218 g/mol. The second kappa shape index (κ2) is 4.19. The van der Waals surface area contributed by atoms with Crippen molar-refractivity contribution in [2.45, 2.75) is 0 Å². The van der Waals surface area contributed by atoms with Crippen LogP contribution < -0.4 is 9.47 Å². The quantitative estimate of drug-likeness (QED) is 0.773. The highest BCUT2D eigenvalue weighted by atomic mass is 32.1. The summed E-state index contributed by atoms with van der Waals surface area (Å²) in [4.78, 5) is 11.2. The van der Waals surface area contributed by atoms with E-state index in [0.717, 1.165) is 11.3 Å². The summed E-state index contributed by atoms with van der Waals surface area (Å²) < 4.78 is 14.3. The average molecular weight is 218 g/mol. The zero-order chi connectivity index (χ0) is 10.7. The van der Waals surface area contributed by atoms with Gasteiger partial charge in [0, 0.05) is 0 Å². The van der Waals surface area contributed by atoms with E-state index >= 15 is 0 Å². The summed E-state index contributed by atoms with van der Waals surface area (Å²) in [6.07, 6.45) is 0. The Labute approximate surface area is 84.8 Å². The number of hydrogen-bond acceptors (Lipinski definition) is 6. The van der Waals surface area contributed by atoms with Gasteiger partial charge < -0.3 is 19.3 Å². The van der Waals surface area contributed by atoms with Crippen molar-refractivity contribution < 1.29 is 24.1 Å². The van der Waals surface area contributed by atoms with E-state index < -0.39 is 5.97 Å². The lowest BCUT2D eigenvalue weighted by Gasteiger charge is -1.99. The molecule has 0 aliphatic carbocycles. The molecular weight excluding hydrogens is 208 g/mol. The number of hydrogen-bond donors (Lipinski definition) is 1. The fraction of sp³-hybridized carbons (Fsp3) is 0.375. The first-order valence-corrected chi connectivity index (χ1v) is 4.49. The molecule has 0 aliphatic heterocycles. The fourth-order valence-electron chi connectivity index (χ4n) is 0.933. The topological polar surface area (TPSA) is 65.0 Å². The normalized spacial score (nSPS) is 9.64. The summed E-state index contributed by atoms with van der Waals surface area (Å²) in [5.74, 6) is -0.715. The Balaban J connectivity index is 3.20. The van der Waals surface area contributed by atoms with Crippen molar-refractivity contribution in [1.29, 1.82) is 0 Å². The fourth-order valence-corrected chi connectivity index (χ4v) is 1.83. The van der Waals surface area contributed by atoms with Crippen LogP contribution >= 0.6 is 11.3 Å². The van der Waals surface area contributed by atoms with Crippen LogP contribution in [-0.4, -0.2) is 32.4 Å². The Hall–Kier alpha value is -1.43. The number of rotatable bonds is 3. The molecule has 1 rings (SSSR count). The van der Waals surface area contributed by atoms with Crippen LogP contribution in [0.15, 0.2) is 0 Å². The maximum atomic E-state index is 11.1. The SMILES string of the molecule is COC(=O)c1sc(OC)c(OC)c1O. The van der Waals surface area contributed by atoms with Gasteiger partial charge in [0.15, 0.2) is 10.6 Å². The van der Waals surface area contributed by atoms with E-state index in [1.54, 1.807) is 0 Å². The minimum atomic E-state index is -0.617. The van der Waals surface area contributed by atoms with Gasteiger partial charge in [-0.2, -0.15) is 0 Å². The minimum absolute atomic E-state index is 0.0706. The van der Waals surface area contributed by atoms with Crippen molar-refractivity contribution >= 4 is 17.3 Å².